The first-order valence-corrected chi connectivity index (χ1v) is 4.71. The normalized spacial score (nSPS) is 15.4. The van der Waals surface area contributed by atoms with E-state index in [0.717, 1.165) is 11.3 Å². The molecule has 0 aliphatic rings. The number of hydrogen-bond acceptors (Lipinski definition) is 3. The predicted molar refractivity (Wildman–Crippen MR) is 47.9 cm³/mol. The fourth-order valence-electron chi connectivity index (χ4n) is 0.739. The highest BCUT2D eigenvalue weighted by atomic mass is 32.1. The van der Waals surface area contributed by atoms with Crippen molar-refractivity contribution in [2.75, 3.05) is 0 Å². The van der Waals surface area contributed by atoms with E-state index < -0.39 is 18.1 Å². The second-order valence-electron chi connectivity index (χ2n) is 2.77. The molecule has 15 heavy (non-hydrogen) atoms. The molecule has 0 bridgehead atoms. The lowest BCUT2D eigenvalue weighted by Gasteiger charge is -2.10. The number of nitrogens with zero attached hydrogens (tertiary/aromatic N) is 2. The van der Waals surface area contributed by atoms with Crippen molar-refractivity contribution in [1.29, 1.82) is 0 Å². The van der Waals surface area contributed by atoms with Gasteiger partial charge in [0.2, 0.25) is 0 Å². The first kappa shape index (κ1) is 11.9. The van der Waals surface area contributed by atoms with Crippen LogP contribution in [0.15, 0.2) is 16.6 Å². The average Bonchev–Trinajstić information content (AvgIpc) is 2.49. The molecule has 1 amide bonds. The molecule has 1 aromatic heterocycles. The van der Waals surface area contributed by atoms with Crippen LogP contribution in [0.4, 0.5) is 13.2 Å². The Bertz CT molecular complexity index is 420. The Morgan fingerprint density at radius 3 is 2.67 bits per heavy atom. The van der Waals surface area contributed by atoms with Gasteiger partial charge in [0, 0.05) is 18.6 Å². The summed E-state index contributed by atoms with van der Waals surface area (Å²) in [5, 5.41) is 1.60. The third-order valence-electron chi connectivity index (χ3n) is 1.58. The van der Waals surface area contributed by atoms with E-state index in [1.165, 1.54) is 4.57 Å². The van der Waals surface area contributed by atoms with E-state index in [9.17, 15) is 18.0 Å². The van der Waals surface area contributed by atoms with Crippen LogP contribution in [0.25, 0.3) is 0 Å². The number of alkyl halides is 3. The molecule has 0 spiro atoms. The minimum absolute atomic E-state index is 0.180. The van der Waals surface area contributed by atoms with Gasteiger partial charge in [0.05, 0.1) is 0 Å². The minimum atomic E-state index is -4.75. The van der Waals surface area contributed by atoms with Crippen molar-refractivity contribution in [1.82, 2.24) is 4.57 Å². The van der Waals surface area contributed by atoms with Crippen LogP contribution in [0.2, 0.25) is 0 Å². The second kappa shape index (κ2) is 4.15. The zero-order valence-corrected chi connectivity index (χ0v) is 8.47. The number of carbonyl (C=O) groups is 1. The van der Waals surface area contributed by atoms with Gasteiger partial charge in [-0.15, -0.1) is 11.3 Å². The average molecular weight is 239 g/mol. The van der Waals surface area contributed by atoms with Crippen molar-refractivity contribution < 1.29 is 18.0 Å². The number of rotatable bonds is 1. The summed E-state index contributed by atoms with van der Waals surface area (Å²) in [6.45, 7) is 0. The molecule has 4 nitrogen and oxygen atoms in total. The maximum atomic E-state index is 12.0. The first-order chi connectivity index (χ1) is 6.82. The van der Waals surface area contributed by atoms with Crippen LogP contribution in [0.1, 0.15) is 0 Å². The number of carbonyl (C=O) groups excluding carboxylic acids is 1. The molecule has 1 heterocycles. The van der Waals surface area contributed by atoms with Crippen molar-refractivity contribution in [2.45, 2.75) is 12.2 Å². The summed E-state index contributed by atoms with van der Waals surface area (Å²) >= 11 is 1.06. The van der Waals surface area contributed by atoms with Gasteiger partial charge < -0.3 is 10.3 Å². The Labute approximate surface area is 86.9 Å². The molecule has 1 aromatic rings. The largest absolute Gasteiger partial charge is 0.412 e. The van der Waals surface area contributed by atoms with Gasteiger partial charge in [-0.3, -0.25) is 4.79 Å². The Hall–Kier alpha value is -1.15. The molecular weight excluding hydrogens is 231 g/mol. The van der Waals surface area contributed by atoms with Gasteiger partial charge in [-0.1, -0.05) is 0 Å². The summed E-state index contributed by atoms with van der Waals surface area (Å²) in [6.07, 6.45) is -3.17. The standard InChI is InChI=1S/C7H8F3N3OS/c1-13-2-3-15-6(13)12-5(14)4(11)7(8,9)10/h2-4H,11H2,1H3. The number of aromatic nitrogens is 1. The number of halogens is 3. The van der Waals surface area contributed by atoms with E-state index >= 15 is 0 Å². The molecule has 84 valence electrons. The highest BCUT2D eigenvalue weighted by Gasteiger charge is 2.41. The van der Waals surface area contributed by atoms with Crippen LogP contribution in [0.5, 0.6) is 0 Å². The summed E-state index contributed by atoms with van der Waals surface area (Å²) < 4.78 is 37.5. The van der Waals surface area contributed by atoms with Gasteiger partial charge in [-0.05, 0) is 0 Å². The molecule has 0 radical (unpaired) electrons. The maximum absolute atomic E-state index is 12.0. The predicted octanol–water partition coefficient (Wildman–Crippen LogP) is 0.403. The quantitative estimate of drug-likeness (QED) is 0.771. The molecule has 1 atom stereocenters. The van der Waals surface area contributed by atoms with E-state index in [-0.39, 0.29) is 4.80 Å². The summed E-state index contributed by atoms with van der Waals surface area (Å²) in [5.41, 5.74) is 4.69. The van der Waals surface area contributed by atoms with Gasteiger partial charge in [-0.25, -0.2) is 0 Å². The molecule has 8 heteroatoms. The summed E-state index contributed by atoms with van der Waals surface area (Å²) in [6, 6.07) is -2.56. The maximum Gasteiger partial charge on any atom is 0.412 e. The van der Waals surface area contributed by atoms with Crippen LogP contribution >= 0.6 is 11.3 Å². The lowest BCUT2D eigenvalue weighted by Crippen LogP contribution is -2.44. The number of amides is 1. The third kappa shape index (κ3) is 2.90. The van der Waals surface area contributed by atoms with Gasteiger partial charge in [0.1, 0.15) is 0 Å². The van der Waals surface area contributed by atoms with Crippen LogP contribution in [-0.2, 0) is 11.8 Å². The molecule has 0 aliphatic heterocycles. The number of hydrogen-bond donors (Lipinski definition) is 1. The summed E-state index contributed by atoms with van der Waals surface area (Å²) in [5.74, 6) is -1.39. The molecule has 0 saturated carbocycles. The SMILES string of the molecule is Cn1ccsc1=NC(=O)C(N)C(F)(F)F. The van der Waals surface area contributed by atoms with Gasteiger partial charge in [0.25, 0.3) is 5.91 Å². The van der Waals surface area contributed by atoms with Crippen molar-refractivity contribution in [3.05, 3.63) is 16.4 Å². The van der Waals surface area contributed by atoms with E-state index in [2.05, 4.69) is 10.7 Å². The van der Waals surface area contributed by atoms with Gasteiger partial charge in [0.15, 0.2) is 10.8 Å². The number of thiazole rings is 1. The molecule has 0 fully saturated rings. The monoisotopic (exact) mass is 239 g/mol. The molecule has 0 saturated heterocycles. The molecule has 0 aromatic carbocycles. The molecule has 1 rings (SSSR count). The van der Waals surface area contributed by atoms with E-state index in [4.69, 9.17) is 0 Å². The molecular formula is C7H8F3N3OS. The summed E-state index contributed by atoms with van der Waals surface area (Å²) in [7, 11) is 1.57. The van der Waals surface area contributed by atoms with Crippen LogP contribution < -0.4 is 10.5 Å². The number of nitrogens with two attached hydrogens (primary N) is 1. The Balaban J connectivity index is 2.95. The smallest absolute Gasteiger partial charge is 0.327 e. The lowest BCUT2D eigenvalue weighted by molar-refractivity contribution is -0.160. The highest BCUT2D eigenvalue weighted by Crippen LogP contribution is 2.18. The van der Waals surface area contributed by atoms with Gasteiger partial charge >= 0.3 is 6.18 Å². The fourth-order valence-corrected chi connectivity index (χ4v) is 1.47. The van der Waals surface area contributed by atoms with Crippen molar-refractivity contribution in [3.8, 4) is 0 Å². The minimum Gasteiger partial charge on any atom is -0.327 e. The Morgan fingerprint density at radius 2 is 2.27 bits per heavy atom. The number of aryl methyl sites for hydroxylation is 1. The molecule has 1 unspecified atom stereocenters. The summed E-state index contributed by atoms with van der Waals surface area (Å²) in [4.78, 5) is 14.5. The molecule has 2 N–H and O–H groups in total. The van der Waals surface area contributed by atoms with Crippen LogP contribution in [0, 0.1) is 0 Å². The van der Waals surface area contributed by atoms with Gasteiger partial charge in [-0.2, -0.15) is 18.2 Å². The zero-order valence-electron chi connectivity index (χ0n) is 7.65. The van der Waals surface area contributed by atoms with Crippen LogP contribution in [0.3, 0.4) is 0 Å². The van der Waals surface area contributed by atoms with Crippen molar-refractivity contribution >= 4 is 17.2 Å². The van der Waals surface area contributed by atoms with E-state index in [1.807, 2.05) is 0 Å². The second-order valence-corrected chi connectivity index (χ2v) is 3.64. The fraction of sp³-hybridized carbons (Fsp3) is 0.429. The molecule has 0 aliphatic carbocycles. The zero-order chi connectivity index (χ0) is 11.6. The van der Waals surface area contributed by atoms with Crippen molar-refractivity contribution in [3.63, 3.8) is 0 Å². The lowest BCUT2D eigenvalue weighted by atomic mass is 10.3. The van der Waals surface area contributed by atoms with E-state index in [1.54, 1.807) is 18.6 Å². The Morgan fingerprint density at radius 1 is 1.67 bits per heavy atom. The first-order valence-electron chi connectivity index (χ1n) is 3.83. The van der Waals surface area contributed by atoms with E-state index in [0.29, 0.717) is 0 Å². The third-order valence-corrected chi connectivity index (χ3v) is 2.43. The van der Waals surface area contributed by atoms with Crippen LogP contribution in [-0.4, -0.2) is 22.7 Å². The highest BCUT2D eigenvalue weighted by molar-refractivity contribution is 7.07. The van der Waals surface area contributed by atoms with Crippen molar-refractivity contribution in [2.24, 2.45) is 17.8 Å². The Kier molecular flexibility index (Phi) is 3.30. The topological polar surface area (TPSA) is 60.4 Å².